The molecule has 0 aromatic heterocycles. The number of nitrogens with zero attached hydrogens (tertiary/aromatic N) is 1. The second kappa shape index (κ2) is 7.87. The fraction of sp³-hybridized carbons (Fsp3) is 0.391. The van der Waals surface area contributed by atoms with Crippen molar-refractivity contribution in [2.45, 2.75) is 44.2 Å². The Morgan fingerprint density at radius 3 is 2.45 bits per heavy atom. The molecule has 1 amide bonds. The molecular weight excluding hydrogens is 368 g/mol. The monoisotopic (exact) mass is 394 g/mol. The summed E-state index contributed by atoms with van der Waals surface area (Å²) in [5.41, 5.74) is 4.79. The van der Waals surface area contributed by atoms with Gasteiger partial charge in [0.05, 0.1) is 32.1 Å². The zero-order chi connectivity index (χ0) is 20.5. The van der Waals surface area contributed by atoms with Crippen LogP contribution in [0.1, 0.15) is 48.8 Å². The average Bonchev–Trinajstić information content (AvgIpc) is 2.72. The molecule has 3 atom stereocenters. The normalized spacial score (nSPS) is 22.8. The second-order valence-electron chi connectivity index (χ2n) is 7.67. The molecule has 0 saturated heterocycles. The first-order valence-corrected chi connectivity index (χ1v) is 9.90. The summed E-state index contributed by atoms with van der Waals surface area (Å²) in [6.45, 7) is 1.49. The number of fused-ring (bicyclic) bond motifs is 3. The summed E-state index contributed by atoms with van der Waals surface area (Å²) >= 11 is 0. The van der Waals surface area contributed by atoms with Crippen LogP contribution in [-0.4, -0.2) is 43.1 Å². The van der Waals surface area contributed by atoms with E-state index < -0.39 is 0 Å². The highest BCUT2D eigenvalue weighted by Gasteiger charge is 2.37. The van der Waals surface area contributed by atoms with Crippen molar-refractivity contribution in [3.8, 4) is 11.5 Å². The van der Waals surface area contributed by atoms with Gasteiger partial charge in [0.1, 0.15) is 0 Å². The Balaban J connectivity index is 1.81. The van der Waals surface area contributed by atoms with E-state index in [1.165, 1.54) is 6.92 Å². The van der Waals surface area contributed by atoms with Gasteiger partial charge in [-0.2, -0.15) is 0 Å². The number of carbonyl (C=O) groups excluding carboxylic acids is 1. The van der Waals surface area contributed by atoms with Gasteiger partial charge in [0.2, 0.25) is 5.91 Å². The summed E-state index contributed by atoms with van der Waals surface area (Å²) < 4.78 is 11.1. The summed E-state index contributed by atoms with van der Waals surface area (Å²) in [5.74, 6) is 1.41. The van der Waals surface area contributed by atoms with Gasteiger partial charge in [-0.3, -0.25) is 9.79 Å². The minimum Gasteiger partial charge on any atom is -0.493 e. The van der Waals surface area contributed by atoms with Crippen LogP contribution in [0.5, 0.6) is 11.5 Å². The zero-order valence-electron chi connectivity index (χ0n) is 16.9. The van der Waals surface area contributed by atoms with E-state index >= 15 is 0 Å². The van der Waals surface area contributed by atoms with E-state index in [1.54, 1.807) is 14.2 Å². The summed E-state index contributed by atoms with van der Waals surface area (Å²) in [6.07, 6.45) is 2.02. The minimum atomic E-state index is -0.300. The van der Waals surface area contributed by atoms with E-state index in [1.807, 2.05) is 36.4 Å². The number of hydrogen-bond donors (Lipinski definition) is 2. The van der Waals surface area contributed by atoms with Gasteiger partial charge in [-0.15, -0.1) is 0 Å². The van der Waals surface area contributed by atoms with Crippen LogP contribution in [0.15, 0.2) is 41.4 Å². The Bertz CT molecular complexity index is 952. The third-order valence-electron chi connectivity index (χ3n) is 5.77. The molecule has 2 aromatic rings. The lowest BCUT2D eigenvalue weighted by atomic mass is 9.74. The Labute approximate surface area is 170 Å². The fourth-order valence-corrected chi connectivity index (χ4v) is 4.41. The number of carbonyl (C=O) groups is 1. The predicted molar refractivity (Wildman–Crippen MR) is 112 cm³/mol. The van der Waals surface area contributed by atoms with Gasteiger partial charge in [-0.25, -0.2) is 0 Å². The molecule has 0 radical (unpaired) electrons. The molecule has 29 heavy (non-hydrogen) atoms. The number of methoxy groups -OCH3 is 2. The highest BCUT2D eigenvalue weighted by Crippen LogP contribution is 2.44. The maximum atomic E-state index is 11.3. The standard InChI is InChI=1S/C23H26N2O4/c1-13(26)24-15-6-4-14(5-7-15)23-19-12-22(29-3)21(28-2)11-17(19)18-10-16(27)8-9-20(18)25-23/h4-7,11-12,16,18,20,27H,8-10H2,1-3H3,(H,24,26). The number of aliphatic hydroxyl groups excluding tert-OH is 1. The molecule has 2 N–H and O–H groups in total. The van der Waals surface area contributed by atoms with Gasteiger partial charge in [-0.1, -0.05) is 12.1 Å². The largest absolute Gasteiger partial charge is 0.493 e. The lowest BCUT2D eigenvalue weighted by Crippen LogP contribution is -2.34. The molecule has 0 spiro atoms. The summed E-state index contributed by atoms with van der Waals surface area (Å²) in [4.78, 5) is 16.4. The molecule has 2 aliphatic rings. The molecule has 3 unspecified atom stereocenters. The van der Waals surface area contributed by atoms with Crippen molar-refractivity contribution >= 4 is 17.3 Å². The predicted octanol–water partition coefficient (Wildman–Crippen LogP) is 3.51. The number of amides is 1. The SMILES string of the molecule is COc1cc2c(cc1OC)C1CC(O)CCC1N=C2c1ccc(NC(C)=O)cc1. The van der Waals surface area contributed by atoms with Crippen molar-refractivity contribution in [2.24, 2.45) is 4.99 Å². The molecule has 1 saturated carbocycles. The Kier molecular flexibility index (Phi) is 5.28. The number of rotatable bonds is 4. The first kappa shape index (κ1) is 19.5. The van der Waals surface area contributed by atoms with Crippen molar-refractivity contribution in [1.82, 2.24) is 0 Å². The third kappa shape index (κ3) is 3.72. The van der Waals surface area contributed by atoms with Crippen molar-refractivity contribution in [3.05, 3.63) is 53.1 Å². The first-order chi connectivity index (χ1) is 14.0. The number of aliphatic hydroxyl groups is 1. The third-order valence-corrected chi connectivity index (χ3v) is 5.77. The van der Waals surface area contributed by atoms with E-state index in [-0.39, 0.29) is 24.0 Å². The van der Waals surface area contributed by atoms with Crippen LogP contribution in [0.25, 0.3) is 0 Å². The van der Waals surface area contributed by atoms with Crippen molar-refractivity contribution in [3.63, 3.8) is 0 Å². The number of ether oxygens (including phenoxy) is 2. The van der Waals surface area contributed by atoms with Gasteiger partial charge in [-0.05, 0) is 49.1 Å². The zero-order valence-corrected chi connectivity index (χ0v) is 16.9. The number of aliphatic imine (C=N–C) groups is 1. The molecule has 1 fully saturated rings. The van der Waals surface area contributed by atoms with Gasteiger partial charge in [0.15, 0.2) is 11.5 Å². The molecule has 1 aliphatic heterocycles. The highest BCUT2D eigenvalue weighted by atomic mass is 16.5. The summed E-state index contributed by atoms with van der Waals surface area (Å²) in [5, 5.41) is 13.0. The molecule has 0 bridgehead atoms. The van der Waals surface area contributed by atoms with E-state index in [0.717, 1.165) is 40.9 Å². The fourth-order valence-electron chi connectivity index (χ4n) is 4.41. The molecule has 1 aliphatic carbocycles. The van der Waals surface area contributed by atoms with Crippen molar-refractivity contribution in [2.75, 3.05) is 19.5 Å². The lowest BCUT2D eigenvalue weighted by Gasteiger charge is -2.37. The van der Waals surface area contributed by atoms with E-state index in [0.29, 0.717) is 17.9 Å². The van der Waals surface area contributed by atoms with Crippen molar-refractivity contribution < 1.29 is 19.4 Å². The Morgan fingerprint density at radius 1 is 1.10 bits per heavy atom. The smallest absolute Gasteiger partial charge is 0.221 e. The highest BCUT2D eigenvalue weighted by molar-refractivity contribution is 6.15. The minimum absolute atomic E-state index is 0.0986. The summed E-state index contributed by atoms with van der Waals surface area (Å²) in [7, 11) is 3.26. The molecule has 1 heterocycles. The average molecular weight is 394 g/mol. The molecule has 2 aromatic carbocycles. The van der Waals surface area contributed by atoms with E-state index in [4.69, 9.17) is 14.5 Å². The van der Waals surface area contributed by atoms with Crippen LogP contribution in [0.2, 0.25) is 0 Å². The molecule has 4 rings (SSSR count). The van der Waals surface area contributed by atoms with Gasteiger partial charge in [0.25, 0.3) is 0 Å². The van der Waals surface area contributed by atoms with Crippen LogP contribution >= 0.6 is 0 Å². The second-order valence-corrected chi connectivity index (χ2v) is 7.67. The van der Waals surface area contributed by atoms with Crippen molar-refractivity contribution in [1.29, 1.82) is 0 Å². The maximum Gasteiger partial charge on any atom is 0.221 e. The van der Waals surface area contributed by atoms with Crippen LogP contribution in [0.3, 0.4) is 0 Å². The topological polar surface area (TPSA) is 80.2 Å². The Morgan fingerprint density at radius 2 is 1.79 bits per heavy atom. The lowest BCUT2D eigenvalue weighted by molar-refractivity contribution is -0.114. The number of anilines is 1. The maximum absolute atomic E-state index is 11.3. The number of hydrogen-bond acceptors (Lipinski definition) is 5. The summed E-state index contributed by atoms with van der Waals surface area (Å²) in [6, 6.07) is 11.9. The van der Waals surface area contributed by atoms with Gasteiger partial charge >= 0.3 is 0 Å². The molecule has 6 heteroatoms. The molecule has 6 nitrogen and oxygen atoms in total. The molecular formula is C23H26N2O4. The molecule has 152 valence electrons. The van der Waals surface area contributed by atoms with E-state index in [9.17, 15) is 9.90 Å². The van der Waals surface area contributed by atoms with Crippen LogP contribution in [-0.2, 0) is 4.79 Å². The first-order valence-electron chi connectivity index (χ1n) is 9.90. The number of benzene rings is 2. The van der Waals surface area contributed by atoms with E-state index in [2.05, 4.69) is 5.32 Å². The van der Waals surface area contributed by atoms with Crippen LogP contribution in [0, 0.1) is 0 Å². The van der Waals surface area contributed by atoms with Gasteiger partial charge in [0, 0.05) is 29.7 Å². The van der Waals surface area contributed by atoms with Crippen LogP contribution in [0.4, 0.5) is 5.69 Å². The van der Waals surface area contributed by atoms with Crippen LogP contribution < -0.4 is 14.8 Å². The van der Waals surface area contributed by atoms with Gasteiger partial charge < -0.3 is 19.9 Å². The quantitative estimate of drug-likeness (QED) is 0.832. The number of nitrogens with one attached hydrogen (secondary N) is 1. The Hall–Kier alpha value is -2.86.